The maximum Gasteiger partial charge on any atom is 0.338 e. The van der Waals surface area contributed by atoms with Gasteiger partial charge in [0.25, 0.3) is 5.56 Å². The van der Waals surface area contributed by atoms with Gasteiger partial charge in [0.2, 0.25) is 6.79 Å². The molecule has 42 heavy (non-hydrogen) atoms. The van der Waals surface area contributed by atoms with Gasteiger partial charge >= 0.3 is 5.97 Å². The molecule has 210 valence electrons. The number of nitrogens with zero attached hydrogens (tertiary/aromatic N) is 3. The van der Waals surface area contributed by atoms with Gasteiger partial charge in [0, 0.05) is 29.2 Å². The van der Waals surface area contributed by atoms with Crippen LogP contribution < -0.4 is 24.4 Å². The zero-order chi connectivity index (χ0) is 28.8. The Labute approximate surface area is 245 Å². The van der Waals surface area contributed by atoms with E-state index in [0.29, 0.717) is 44.2 Å². The second kappa shape index (κ2) is 10.5. The van der Waals surface area contributed by atoms with Crippen molar-refractivity contribution in [3.63, 3.8) is 0 Å². The fourth-order valence-electron chi connectivity index (χ4n) is 5.63. The average molecular weight is 578 g/mol. The predicted octanol–water partition coefficient (Wildman–Crippen LogP) is 4.53. The Balaban J connectivity index is 1.39. The average Bonchev–Trinajstić information content (AvgIpc) is 3.69. The van der Waals surface area contributed by atoms with Gasteiger partial charge in [-0.3, -0.25) is 9.36 Å². The minimum atomic E-state index is -0.726. The summed E-state index contributed by atoms with van der Waals surface area (Å²) in [4.78, 5) is 32.6. The number of hydrogen-bond acceptors (Lipinski definition) is 7. The summed E-state index contributed by atoms with van der Waals surface area (Å²) in [5.74, 6) is 0.690. The van der Waals surface area contributed by atoms with E-state index < -0.39 is 12.0 Å². The summed E-state index contributed by atoms with van der Waals surface area (Å²) >= 11 is 1.31. The highest BCUT2D eigenvalue weighted by molar-refractivity contribution is 7.07. The Morgan fingerprint density at radius 3 is 2.69 bits per heavy atom. The summed E-state index contributed by atoms with van der Waals surface area (Å²) in [7, 11) is 0. The van der Waals surface area contributed by atoms with Gasteiger partial charge in [-0.1, -0.05) is 65.9 Å². The lowest BCUT2D eigenvalue weighted by atomic mass is 9.95. The van der Waals surface area contributed by atoms with Crippen LogP contribution in [0.25, 0.3) is 17.0 Å². The number of carbonyl (C=O) groups excluding carboxylic acids is 1. The van der Waals surface area contributed by atoms with Crippen molar-refractivity contribution in [2.24, 2.45) is 4.99 Å². The highest BCUT2D eigenvalue weighted by Crippen LogP contribution is 2.38. The first-order chi connectivity index (χ1) is 20.5. The molecule has 3 aromatic carbocycles. The number of thiazole rings is 1. The molecule has 2 aliphatic rings. The first-order valence-corrected chi connectivity index (χ1v) is 14.5. The molecule has 4 heterocycles. The quantitative estimate of drug-likeness (QED) is 0.277. The van der Waals surface area contributed by atoms with Crippen LogP contribution in [0.15, 0.2) is 100 Å². The Morgan fingerprint density at radius 2 is 1.86 bits per heavy atom. The molecule has 1 atom stereocenters. The number of rotatable bonds is 6. The van der Waals surface area contributed by atoms with Gasteiger partial charge in [-0.2, -0.15) is 0 Å². The Hall–Kier alpha value is -4.89. The van der Waals surface area contributed by atoms with E-state index in [1.165, 1.54) is 16.9 Å². The molecule has 0 amide bonds. The topological polar surface area (TPSA) is 84.1 Å². The normalized spacial score (nSPS) is 16.0. The SMILES string of the molecule is CCOC(=O)C1=C(C)N=c2s/c(=C\c3cn(Cc4ccccc4)c4ccccc34)c(=O)n2[C@@H]1c1ccc2c(c1)OCO2. The molecule has 0 aliphatic carbocycles. The van der Waals surface area contributed by atoms with Crippen molar-refractivity contribution >= 4 is 34.3 Å². The molecule has 5 aromatic rings. The summed E-state index contributed by atoms with van der Waals surface area (Å²) in [5.41, 5.74) is 4.54. The van der Waals surface area contributed by atoms with Crippen LogP contribution in [0, 0.1) is 0 Å². The molecule has 0 spiro atoms. The van der Waals surface area contributed by atoms with Crippen LogP contribution in [0.5, 0.6) is 11.5 Å². The second-order valence-electron chi connectivity index (χ2n) is 10.1. The molecule has 0 saturated heterocycles. The summed E-state index contributed by atoms with van der Waals surface area (Å²) in [5, 5.41) is 1.05. The van der Waals surface area contributed by atoms with Gasteiger partial charge in [-0.05, 0) is 49.2 Å². The number of carbonyl (C=O) groups is 1. The number of aromatic nitrogens is 2. The molecule has 0 saturated carbocycles. The minimum absolute atomic E-state index is 0.124. The van der Waals surface area contributed by atoms with Crippen molar-refractivity contribution in [2.75, 3.05) is 13.4 Å². The number of allylic oxidation sites excluding steroid dienone is 1. The Morgan fingerprint density at radius 1 is 1.07 bits per heavy atom. The van der Waals surface area contributed by atoms with Crippen molar-refractivity contribution in [1.29, 1.82) is 0 Å². The molecule has 8 nitrogen and oxygen atoms in total. The number of para-hydroxylation sites is 1. The summed E-state index contributed by atoms with van der Waals surface area (Å²) in [6.07, 6.45) is 4.01. The monoisotopic (exact) mass is 577 g/mol. The summed E-state index contributed by atoms with van der Waals surface area (Å²) in [6.45, 7) is 4.58. The molecule has 0 radical (unpaired) electrons. The fraction of sp³-hybridized carbons (Fsp3) is 0.182. The molecule has 2 aromatic heterocycles. The van der Waals surface area contributed by atoms with Gasteiger partial charge in [0.05, 0.1) is 28.5 Å². The summed E-state index contributed by atoms with van der Waals surface area (Å²) in [6, 6.07) is 23.2. The van der Waals surface area contributed by atoms with E-state index in [4.69, 9.17) is 19.2 Å². The molecular formula is C33H27N3O5S. The number of esters is 1. The van der Waals surface area contributed by atoms with E-state index in [2.05, 4.69) is 35.0 Å². The van der Waals surface area contributed by atoms with E-state index in [1.54, 1.807) is 24.5 Å². The Kier molecular flexibility index (Phi) is 6.51. The number of benzene rings is 3. The zero-order valence-electron chi connectivity index (χ0n) is 23.1. The lowest BCUT2D eigenvalue weighted by molar-refractivity contribution is -0.139. The third-order valence-corrected chi connectivity index (χ3v) is 8.51. The third kappa shape index (κ3) is 4.42. The largest absolute Gasteiger partial charge is 0.463 e. The van der Waals surface area contributed by atoms with Crippen molar-refractivity contribution in [2.45, 2.75) is 26.4 Å². The molecule has 0 fully saturated rings. The second-order valence-corrected chi connectivity index (χ2v) is 11.1. The first kappa shape index (κ1) is 26.0. The van der Waals surface area contributed by atoms with Crippen LogP contribution >= 0.6 is 11.3 Å². The fourth-order valence-corrected chi connectivity index (χ4v) is 6.67. The van der Waals surface area contributed by atoms with E-state index in [9.17, 15) is 9.59 Å². The van der Waals surface area contributed by atoms with Crippen LogP contribution in [0.2, 0.25) is 0 Å². The maximum atomic E-state index is 14.1. The van der Waals surface area contributed by atoms with Crippen LogP contribution in [0.3, 0.4) is 0 Å². The van der Waals surface area contributed by atoms with Crippen LogP contribution in [0.4, 0.5) is 0 Å². The van der Waals surface area contributed by atoms with Gasteiger partial charge in [-0.25, -0.2) is 9.79 Å². The number of ether oxygens (including phenoxy) is 3. The summed E-state index contributed by atoms with van der Waals surface area (Å²) < 4.78 is 20.9. The van der Waals surface area contributed by atoms with Crippen molar-refractivity contribution in [3.05, 3.63) is 127 Å². The number of hydrogen-bond donors (Lipinski definition) is 0. The molecule has 2 aliphatic heterocycles. The molecule has 0 unspecified atom stereocenters. The van der Waals surface area contributed by atoms with Crippen LogP contribution in [0.1, 0.15) is 36.6 Å². The third-order valence-electron chi connectivity index (χ3n) is 7.53. The molecule has 0 bridgehead atoms. The minimum Gasteiger partial charge on any atom is -0.463 e. The van der Waals surface area contributed by atoms with E-state index in [1.807, 2.05) is 48.5 Å². The smallest absolute Gasteiger partial charge is 0.338 e. The highest BCUT2D eigenvalue weighted by Gasteiger charge is 2.34. The maximum absolute atomic E-state index is 14.1. The van der Waals surface area contributed by atoms with Crippen molar-refractivity contribution < 1.29 is 19.0 Å². The lowest BCUT2D eigenvalue weighted by Gasteiger charge is -2.24. The zero-order valence-corrected chi connectivity index (χ0v) is 23.9. The lowest BCUT2D eigenvalue weighted by Crippen LogP contribution is -2.39. The van der Waals surface area contributed by atoms with E-state index in [-0.39, 0.29) is 19.0 Å². The number of fused-ring (bicyclic) bond motifs is 3. The van der Waals surface area contributed by atoms with Gasteiger partial charge in [0.1, 0.15) is 0 Å². The van der Waals surface area contributed by atoms with Crippen LogP contribution in [-0.2, 0) is 16.1 Å². The Bertz CT molecular complexity index is 2070. The van der Waals surface area contributed by atoms with E-state index >= 15 is 0 Å². The van der Waals surface area contributed by atoms with Crippen LogP contribution in [-0.4, -0.2) is 28.5 Å². The van der Waals surface area contributed by atoms with Crippen molar-refractivity contribution in [1.82, 2.24) is 9.13 Å². The molecule has 0 N–H and O–H groups in total. The van der Waals surface area contributed by atoms with E-state index in [0.717, 1.165) is 16.5 Å². The van der Waals surface area contributed by atoms with Gasteiger partial charge < -0.3 is 18.8 Å². The van der Waals surface area contributed by atoms with Gasteiger partial charge in [0.15, 0.2) is 16.3 Å². The first-order valence-electron chi connectivity index (χ1n) is 13.7. The highest BCUT2D eigenvalue weighted by atomic mass is 32.1. The predicted molar refractivity (Wildman–Crippen MR) is 160 cm³/mol. The van der Waals surface area contributed by atoms with Gasteiger partial charge in [-0.15, -0.1) is 0 Å². The van der Waals surface area contributed by atoms with Crippen molar-refractivity contribution in [3.8, 4) is 11.5 Å². The standard InChI is InChI=1S/C33H27N3O5S/c1-3-39-32(38)29-20(2)34-33-36(30(29)22-13-14-26-27(15-22)41-19-40-26)31(37)28(42-33)16-23-18-35(17-21-9-5-4-6-10-21)25-12-8-7-11-24(23)25/h4-16,18,30H,3,17,19H2,1-2H3/b28-16-/t30-/m1/s1. The molecule has 7 rings (SSSR count). The molecule has 9 heteroatoms. The molecular weight excluding hydrogens is 550 g/mol.